The van der Waals surface area contributed by atoms with Crippen molar-refractivity contribution >= 4 is 21.9 Å². The first kappa shape index (κ1) is 16.5. The van der Waals surface area contributed by atoms with Crippen molar-refractivity contribution in [3.8, 4) is 0 Å². The van der Waals surface area contributed by atoms with Gasteiger partial charge >= 0.3 is 0 Å². The molecule has 118 valence electrons. The minimum Gasteiger partial charge on any atom is -0.356 e. The van der Waals surface area contributed by atoms with Gasteiger partial charge in [-0.1, -0.05) is 6.07 Å². The van der Waals surface area contributed by atoms with Gasteiger partial charge in [-0.05, 0) is 46.1 Å². The number of nitrogens with one attached hydrogen (secondary N) is 2. The number of aromatic nitrogens is 2. The fraction of sp³-hybridized carbons (Fsp3) is 0.333. The highest BCUT2D eigenvalue weighted by molar-refractivity contribution is 9.10. The fourth-order valence-electron chi connectivity index (χ4n) is 1.94. The number of hydrogen-bond acceptors (Lipinski definition) is 2. The maximum atomic E-state index is 13.4. The zero-order valence-electron chi connectivity index (χ0n) is 12.4. The molecular weight excluding hydrogens is 349 g/mol. The molecule has 0 spiro atoms. The van der Waals surface area contributed by atoms with Crippen molar-refractivity contribution in [3.63, 3.8) is 0 Å². The zero-order chi connectivity index (χ0) is 15.8. The van der Waals surface area contributed by atoms with Gasteiger partial charge in [0.2, 0.25) is 0 Å². The lowest BCUT2D eigenvalue weighted by Crippen LogP contribution is -2.37. The molecule has 7 heteroatoms. The minimum atomic E-state index is -0.263. The molecule has 0 unspecified atom stereocenters. The quantitative estimate of drug-likeness (QED) is 0.468. The summed E-state index contributed by atoms with van der Waals surface area (Å²) >= 11 is 3.14. The van der Waals surface area contributed by atoms with Crippen molar-refractivity contribution in [2.24, 2.45) is 4.99 Å². The van der Waals surface area contributed by atoms with Crippen LogP contribution in [0, 0.1) is 5.82 Å². The summed E-state index contributed by atoms with van der Waals surface area (Å²) in [7, 11) is 1.71. The van der Waals surface area contributed by atoms with Gasteiger partial charge in [0.05, 0.1) is 4.47 Å². The van der Waals surface area contributed by atoms with Crippen LogP contribution in [0.5, 0.6) is 0 Å². The van der Waals surface area contributed by atoms with Gasteiger partial charge in [0.25, 0.3) is 0 Å². The highest BCUT2D eigenvalue weighted by atomic mass is 79.9. The van der Waals surface area contributed by atoms with E-state index in [0.29, 0.717) is 17.0 Å². The number of guanidine groups is 1. The Morgan fingerprint density at radius 1 is 1.41 bits per heavy atom. The van der Waals surface area contributed by atoms with Crippen LogP contribution in [0.3, 0.4) is 0 Å². The summed E-state index contributed by atoms with van der Waals surface area (Å²) in [6, 6.07) is 6.98. The van der Waals surface area contributed by atoms with Crippen LogP contribution in [0.2, 0.25) is 0 Å². The molecule has 0 saturated heterocycles. The van der Waals surface area contributed by atoms with Crippen molar-refractivity contribution in [3.05, 3.63) is 52.5 Å². The molecule has 2 aromatic rings. The largest absolute Gasteiger partial charge is 0.356 e. The number of benzene rings is 1. The Bertz CT molecular complexity index is 612. The Balaban J connectivity index is 1.71. The summed E-state index contributed by atoms with van der Waals surface area (Å²) in [6.45, 7) is 2.16. The third-order valence-corrected chi connectivity index (χ3v) is 3.73. The average Bonchev–Trinajstić information content (AvgIpc) is 3.03. The van der Waals surface area contributed by atoms with Gasteiger partial charge in [-0.25, -0.2) is 4.39 Å². The number of aliphatic imine (C=N–C) groups is 1. The fourth-order valence-corrected chi connectivity index (χ4v) is 2.18. The molecule has 0 bridgehead atoms. The number of hydrogen-bond donors (Lipinski definition) is 2. The Morgan fingerprint density at radius 3 is 2.95 bits per heavy atom. The second-order valence-corrected chi connectivity index (χ2v) is 5.58. The number of aryl methyl sites for hydroxylation is 1. The van der Waals surface area contributed by atoms with Crippen LogP contribution in [0.25, 0.3) is 0 Å². The first-order valence-corrected chi connectivity index (χ1v) is 7.84. The van der Waals surface area contributed by atoms with E-state index in [4.69, 9.17) is 0 Å². The lowest BCUT2D eigenvalue weighted by atomic mass is 10.2. The van der Waals surface area contributed by atoms with Gasteiger partial charge in [-0.15, -0.1) is 0 Å². The lowest BCUT2D eigenvalue weighted by molar-refractivity contribution is 0.570. The van der Waals surface area contributed by atoms with Gasteiger partial charge < -0.3 is 10.6 Å². The van der Waals surface area contributed by atoms with Crippen LogP contribution in [0.4, 0.5) is 4.39 Å². The maximum Gasteiger partial charge on any atom is 0.191 e. The average molecular weight is 368 g/mol. The second kappa shape index (κ2) is 8.53. The van der Waals surface area contributed by atoms with E-state index in [1.807, 2.05) is 23.0 Å². The van der Waals surface area contributed by atoms with E-state index in [1.165, 1.54) is 6.07 Å². The summed E-state index contributed by atoms with van der Waals surface area (Å²) in [6.07, 6.45) is 4.65. The van der Waals surface area contributed by atoms with Gasteiger partial charge in [0, 0.05) is 39.1 Å². The molecule has 0 aliphatic rings. The van der Waals surface area contributed by atoms with Gasteiger partial charge in [0.15, 0.2) is 5.96 Å². The van der Waals surface area contributed by atoms with Crippen molar-refractivity contribution in [1.82, 2.24) is 20.4 Å². The van der Waals surface area contributed by atoms with E-state index in [1.54, 1.807) is 19.3 Å². The molecule has 2 N–H and O–H groups in total. The molecule has 1 heterocycles. The molecule has 0 aliphatic heterocycles. The third kappa shape index (κ3) is 5.14. The van der Waals surface area contributed by atoms with Gasteiger partial charge in [0.1, 0.15) is 5.82 Å². The van der Waals surface area contributed by atoms with Crippen LogP contribution < -0.4 is 10.6 Å². The molecule has 0 radical (unpaired) electrons. The Labute approximate surface area is 137 Å². The topological polar surface area (TPSA) is 54.2 Å². The monoisotopic (exact) mass is 367 g/mol. The summed E-state index contributed by atoms with van der Waals surface area (Å²) in [5.74, 6) is 0.435. The second-order valence-electron chi connectivity index (χ2n) is 4.72. The van der Waals surface area contributed by atoms with E-state index >= 15 is 0 Å². The molecule has 1 aromatic heterocycles. The molecule has 0 atom stereocenters. The highest BCUT2D eigenvalue weighted by Crippen LogP contribution is 2.16. The summed E-state index contributed by atoms with van der Waals surface area (Å²) < 4.78 is 15.8. The SMILES string of the molecule is CN=C(NCCCn1cccn1)NCc1ccc(Br)c(F)c1. The summed E-state index contributed by atoms with van der Waals surface area (Å²) in [5.41, 5.74) is 0.861. The van der Waals surface area contributed by atoms with Crippen molar-refractivity contribution in [1.29, 1.82) is 0 Å². The molecule has 1 aromatic carbocycles. The smallest absolute Gasteiger partial charge is 0.191 e. The first-order valence-electron chi connectivity index (χ1n) is 7.05. The molecule has 2 rings (SSSR count). The number of halogens is 2. The van der Waals surface area contributed by atoms with Gasteiger partial charge in [-0.3, -0.25) is 9.67 Å². The molecule has 0 amide bonds. The number of rotatable bonds is 6. The summed E-state index contributed by atoms with van der Waals surface area (Å²) in [5, 5.41) is 10.5. The van der Waals surface area contributed by atoms with Gasteiger partial charge in [-0.2, -0.15) is 5.10 Å². The van der Waals surface area contributed by atoms with Crippen LogP contribution in [-0.4, -0.2) is 29.3 Å². The predicted octanol–water partition coefficient (Wildman–Crippen LogP) is 2.54. The van der Waals surface area contributed by atoms with E-state index < -0.39 is 0 Å². The van der Waals surface area contributed by atoms with E-state index in [2.05, 4.69) is 36.7 Å². The Morgan fingerprint density at radius 2 is 2.27 bits per heavy atom. The Kier molecular flexibility index (Phi) is 6.39. The van der Waals surface area contributed by atoms with Crippen LogP contribution >= 0.6 is 15.9 Å². The standard InChI is InChI=1S/C15H19BrFN5/c1-18-15(19-6-2-8-22-9-3-7-21-22)20-11-12-4-5-13(16)14(17)10-12/h3-5,7,9-10H,2,6,8,11H2,1H3,(H2,18,19,20). The Hall–Kier alpha value is -1.89. The number of nitrogens with zero attached hydrogens (tertiary/aromatic N) is 3. The lowest BCUT2D eigenvalue weighted by Gasteiger charge is -2.12. The van der Waals surface area contributed by atoms with E-state index in [9.17, 15) is 4.39 Å². The normalized spacial score (nSPS) is 11.5. The molecule has 0 fully saturated rings. The van der Waals surface area contributed by atoms with Crippen molar-refractivity contribution in [2.45, 2.75) is 19.5 Å². The van der Waals surface area contributed by atoms with E-state index in [-0.39, 0.29) is 5.82 Å². The van der Waals surface area contributed by atoms with Crippen LogP contribution in [0.1, 0.15) is 12.0 Å². The zero-order valence-corrected chi connectivity index (χ0v) is 14.0. The highest BCUT2D eigenvalue weighted by Gasteiger charge is 2.02. The predicted molar refractivity (Wildman–Crippen MR) is 89.1 cm³/mol. The first-order chi connectivity index (χ1) is 10.7. The molecule has 22 heavy (non-hydrogen) atoms. The van der Waals surface area contributed by atoms with Crippen LogP contribution in [0.15, 0.2) is 46.1 Å². The third-order valence-electron chi connectivity index (χ3n) is 3.08. The van der Waals surface area contributed by atoms with E-state index in [0.717, 1.165) is 25.1 Å². The van der Waals surface area contributed by atoms with Crippen molar-refractivity contribution < 1.29 is 4.39 Å². The molecule has 0 saturated carbocycles. The molecule has 0 aliphatic carbocycles. The molecular formula is C15H19BrFN5. The van der Waals surface area contributed by atoms with Crippen molar-refractivity contribution in [2.75, 3.05) is 13.6 Å². The minimum absolute atomic E-state index is 0.263. The molecule has 5 nitrogen and oxygen atoms in total. The maximum absolute atomic E-state index is 13.4. The summed E-state index contributed by atoms with van der Waals surface area (Å²) in [4.78, 5) is 4.15. The van der Waals surface area contributed by atoms with Crippen LogP contribution in [-0.2, 0) is 13.1 Å².